The number of pyridine rings is 2. The van der Waals surface area contributed by atoms with Gasteiger partial charge in [0.1, 0.15) is 0 Å². The highest BCUT2D eigenvalue weighted by molar-refractivity contribution is 6.30. The first-order valence-corrected chi connectivity index (χ1v) is 6.97. The molecule has 3 aromatic heterocycles. The Hall–Kier alpha value is -2.35. The Bertz CT molecular complexity index is 834. The maximum Gasteiger partial charge on any atom is 0.392 e. The van der Waals surface area contributed by atoms with Crippen LogP contribution in [0.2, 0.25) is 5.02 Å². The van der Waals surface area contributed by atoms with Crippen LogP contribution in [-0.4, -0.2) is 32.4 Å². The molecule has 0 spiro atoms. The molecule has 9 heteroatoms. The Morgan fingerprint density at radius 3 is 2.78 bits per heavy atom. The lowest BCUT2D eigenvalue weighted by Crippen LogP contribution is -2.13. The molecule has 0 atom stereocenters. The van der Waals surface area contributed by atoms with E-state index in [1.807, 2.05) is 0 Å². The standard InChI is InChI=1S/C14H10ClF3N4O/c15-9-3-4-11-20-21-12(22(11)8-9)10-2-1-6-19-13(10)23-7-5-14(16,17)18/h1-4,6,8H,5,7H2. The van der Waals surface area contributed by atoms with Gasteiger partial charge in [-0.05, 0) is 24.3 Å². The van der Waals surface area contributed by atoms with Crippen LogP contribution in [0.5, 0.6) is 5.88 Å². The molecule has 0 radical (unpaired) electrons. The van der Waals surface area contributed by atoms with E-state index in [4.69, 9.17) is 16.3 Å². The molecule has 0 unspecified atom stereocenters. The van der Waals surface area contributed by atoms with Gasteiger partial charge in [-0.1, -0.05) is 11.6 Å². The van der Waals surface area contributed by atoms with Crippen LogP contribution in [0.4, 0.5) is 13.2 Å². The van der Waals surface area contributed by atoms with Crippen LogP contribution in [0.3, 0.4) is 0 Å². The second kappa shape index (κ2) is 6.04. The van der Waals surface area contributed by atoms with Crippen molar-refractivity contribution in [2.45, 2.75) is 12.6 Å². The Kier molecular flexibility index (Phi) is 4.08. The van der Waals surface area contributed by atoms with Gasteiger partial charge in [-0.15, -0.1) is 10.2 Å². The van der Waals surface area contributed by atoms with Crippen LogP contribution in [-0.2, 0) is 0 Å². The van der Waals surface area contributed by atoms with Gasteiger partial charge < -0.3 is 4.74 Å². The summed E-state index contributed by atoms with van der Waals surface area (Å²) in [5, 5.41) is 8.50. The summed E-state index contributed by atoms with van der Waals surface area (Å²) >= 11 is 5.96. The quantitative estimate of drug-likeness (QED) is 0.724. The first-order valence-electron chi connectivity index (χ1n) is 6.59. The van der Waals surface area contributed by atoms with E-state index in [0.717, 1.165) is 0 Å². The molecule has 23 heavy (non-hydrogen) atoms. The minimum Gasteiger partial charge on any atom is -0.477 e. The number of hydrogen-bond acceptors (Lipinski definition) is 4. The van der Waals surface area contributed by atoms with Gasteiger partial charge in [0.05, 0.1) is 23.6 Å². The molecule has 0 aliphatic carbocycles. The van der Waals surface area contributed by atoms with Gasteiger partial charge >= 0.3 is 6.18 Å². The van der Waals surface area contributed by atoms with Gasteiger partial charge in [0, 0.05) is 12.4 Å². The van der Waals surface area contributed by atoms with Crippen molar-refractivity contribution in [1.29, 1.82) is 0 Å². The summed E-state index contributed by atoms with van der Waals surface area (Å²) in [6.45, 7) is -0.523. The van der Waals surface area contributed by atoms with E-state index in [0.29, 0.717) is 22.1 Å². The van der Waals surface area contributed by atoms with Gasteiger partial charge in [-0.3, -0.25) is 4.40 Å². The van der Waals surface area contributed by atoms with Crippen LogP contribution in [0, 0.1) is 0 Å². The van der Waals surface area contributed by atoms with Crippen molar-refractivity contribution in [3.05, 3.63) is 41.7 Å². The average molecular weight is 343 g/mol. The molecule has 5 nitrogen and oxygen atoms in total. The number of hydrogen-bond donors (Lipinski definition) is 0. The zero-order valence-corrected chi connectivity index (χ0v) is 12.3. The molecule has 0 saturated heterocycles. The van der Waals surface area contributed by atoms with Gasteiger partial charge in [-0.25, -0.2) is 4.98 Å². The molecule has 0 amide bonds. The van der Waals surface area contributed by atoms with Gasteiger partial charge in [0.2, 0.25) is 5.88 Å². The molecule has 120 valence electrons. The molecule has 0 aliphatic rings. The summed E-state index contributed by atoms with van der Waals surface area (Å²) in [7, 11) is 0. The highest BCUT2D eigenvalue weighted by Gasteiger charge is 2.27. The Morgan fingerprint density at radius 1 is 1.17 bits per heavy atom. The zero-order chi connectivity index (χ0) is 16.4. The fraction of sp³-hybridized carbons (Fsp3) is 0.214. The zero-order valence-electron chi connectivity index (χ0n) is 11.6. The van der Waals surface area contributed by atoms with Crippen molar-refractivity contribution in [2.75, 3.05) is 6.61 Å². The summed E-state index contributed by atoms with van der Waals surface area (Å²) in [4.78, 5) is 3.98. The topological polar surface area (TPSA) is 52.3 Å². The lowest BCUT2D eigenvalue weighted by Gasteiger charge is -2.10. The number of fused-ring (bicyclic) bond motifs is 1. The van der Waals surface area contributed by atoms with Crippen molar-refractivity contribution in [2.24, 2.45) is 0 Å². The van der Waals surface area contributed by atoms with E-state index in [2.05, 4.69) is 15.2 Å². The van der Waals surface area contributed by atoms with Crippen LogP contribution < -0.4 is 4.74 Å². The molecule has 3 aromatic rings. The van der Waals surface area contributed by atoms with Gasteiger partial charge in [0.15, 0.2) is 11.5 Å². The SMILES string of the molecule is FC(F)(F)CCOc1ncccc1-c1nnc2ccc(Cl)cn12. The molecule has 3 rings (SSSR count). The van der Waals surface area contributed by atoms with Gasteiger partial charge in [-0.2, -0.15) is 13.2 Å². The van der Waals surface area contributed by atoms with E-state index in [1.165, 1.54) is 6.20 Å². The molecule has 0 aliphatic heterocycles. The number of alkyl halides is 3. The molecule has 0 bridgehead atoms. The smallest absolute Gasteiger partial charge is 0.392 e. The molecular weight excluding hydrogens is 333 g/mol. The Labute approximate surface area is 133 Å². The molecule has 0 aromatic carbocycles. The fourth-order valence-electron chi connectivity index (χ4n) is 1.99. The van der Waals surface area contributed by atoms with E-state index in [9.17, 15) is 13.2 Å². The summed E-state index contributed by atoms with van der Waals surface area (Å²) in [5.74, 6) is 0.448. The van der Waals surface area contributed by atoms with E-state index in [1.54, 1.807) is 34.9 Å². The number of halogens is 4. The highest BCUT2D eigenvalue weighted by Crippen LogP contribution is 2.28. The summed E-state index contributed by atoms with van der Waals surface area (Å²) in [6.07, 6.45) is -2.30. The minimum absolute atomic E-state index is 0.0611. The molecule has 3 heterocycles. The van der Waals surface area contributed by atoms with Crippen molar-refractivity contribution in [3.8, 4) is 17.3 Å². The van der Waals surface area contributed by atoms with Crippen LogP contribution in [0.15, 0.2) is 36.7 Å². The van der Waals surface area contributed by atoms with E-state index in [-0.39, 0.29) is 5.88 Å². The third kappa shape index (κ3) is 3.53. The summed E-state index contributed by atoms with van der Waals surface area (Å²) in [6, 6.07) is 6.63. The largest absolute Gasteiger partial charge is 0.477 e. The number of rotatable bonds is 4. The predicted molar refractivity (Wildman–Crippen MR) is 77.4 cm³/mol. The van der Waals surface area contributed by atoms with E-state index >= 15 is 0 Å². The normalized spacial score (nSPS) is 11.8. The van der Waals surface area contributed by atoms with Crippen LogP contribution >= 0.6 is 11.6 Å². The minimum atomic E-state index is -4.29. The Morgan fingerprint density at radius 2 is 2.00 bits per heavy atom. The Balaban J connectivity index is 1.94. The first kappa shape index (κ1) is 15.5. The van der Waals surface area contributed by atoms with Crippen molar-refractivity contribution in [3.63, 3.8) is 0 Å². The lowest BCUT2D eigenvalue weighted by molar-refractivity contribution is -0.139. The van der Waals surface area contributed by atoms with Crippen molar-refractivity contribution >= 4 is 17.2 Å². The second-order valence-corrected chi connectivity index (χ2v) is 5.11. The third-order valence-electron chi connectivity index (χ3n) is 3.00. The summed E-state index contributed by atoms with van der Waals surface area (Å²) < 4.78 is 43.5. The number of aromatic nitrogens is 4. The second-order valence-electron chi connectivity index (χ2n) is 4.67. The number of nitrogens with zero attached hydrogens (tertiary/aromatic N) is 4. The molecule has 0 N–H and O–H groups in total. The van der Waals surface area contributed by atoms with Gasteiger partial charge in [0.25, 0.3) is 0 Å². The fourth-order valence-corrected chi connectivity index (χ4v) is 2.15. The highest BCUT2D eigenvalue weighted by atomic mass is 35.5. The molecule has 0 fully saturated rings. The van der Waals surface area contributed by atoms with Crippen LogP contribution in [0.1, 0.15) is 6.42 Å². The van der Waals surface area contributed by atoms with Crippen LogP contribution in [0.25, 0.3) is 17.0 Å². The maximum absolute atomic E-state index is 12.2. The molecular formula is C14H10ClF3N4O. The van der Waals surface area contributed by atoms with E-state index < -0.39 is 19.2 Å². The summed E-state index contributed by atoms with van der Waals surface area (Å²) in [5.41, 5.74) is 0.985. The number of ether oxygens (including phenoxy) is 1. The molecule has 0 saturated carbocycles. The van der Waals surface area contributed by atoms with Crippen molar-refractivity contribution < 1.29 is 17.9 Å². The maximum atomic E-state index is 12.2. The van der Waals surface area contributed by atoms with Crippen molar-refractivity contribution in [1.82, 2.24) is 19.6 Å². The monoisotopic (exact) mass is 342 g/mol. The third-order valence-corrected chi connectivity index (χ3v) is 3.23. The lowest BCUT2D eigenvalue weighted by atomic mass is 10.2. The average Bonchev–Trinajstić information content (AvgIpc) is 2.89. The first-order chi connectivity index (χ1) is 10.9. The predicted octanol–water partition coefficient (Wildman–Crippen LogP) is 3.78.